The molecule has 0 radical (unpaired) electrons. The molecule has 4 rings (SSSR count). The smallest absolute Gasteiger partial charge is 0.295 e. The number of ether oxygens (including phenoxy) is 1. The highest BCUT2D eigenvalue weighted by Crippen LogP contribution is 2.45. The van der Waals surface area contributed by atoms with Gasteiger partial charge >= 0.3 is 0 Å². The minimum atomic E-state index is -0.263. The average Bonchev–Trinajstić information content (AvgIpc) is 3.16. The van der Waals surface area contributed by atoms with Gasteiger partial charge in [0, 0.05) is 7.05 Å². The lowest BCUT2D eigenvalue weighted by Gasteiger charge is -2.23. The molecule has 2 atom stereocenters. The Balaban J connectivity index is 1.81. The van der Waals surface area contributed by atoms with E-state index in [0.29, 0.717) is 12.3 Å². The molecule has 1 saturated heterocycles. The van der Waals surface area contributed by atoms with Crippen LogP contribution >= 0.6 is 11.8 Å². The molecule has 0 bridgehead atoms. The number of rotatable bonds is 5. The van der Waals surface area contributed by atoms with Gasteiger partial charge in [-0.15, -0.1) is 11.8 Å². The Morgan fingerprint density at radius 1 is 1.03 bits per heavy atom. The van der Waals surface area contributed by atoms with E-state index in [1.54, 1.807) is 21.3 Å². The SMILES string of the molecule is CCOc1ccc([C@@H]2S[C@@H](C)C(=O)N2c2c(C)n(C)n(-c3ccccc3)c2=O)cc1. The highest BCUT2D eigenvalue weighted by molar-refractivity contribution is 8.01. The number of carbonyl (C=O) groups is 1. The van der Waals surface area contributed by atoms with Gasteiger partial charge in [0.2, 0.25) is 5.91 Å². The zero-order valence-corrected chi connectivity index (χ0v) is 18.3. The molecule has 1 fully saturated rings. The summed E-state index contributed by atoms with van der Waals surface area (Å²) < 4.78 is 8.96. The van der Waals surface area contributed by atoms with Gasteiger partial charge in [-0.05, 0) is 50.6 Å². The molecule has 7 heteroatoms. The molecule has 30 heavy (non-hydrogen) atoms. The molecule has 0 saturated carbocycles. The second-order valence-electron chi connectivity index (χ2n) is 7.25. The molecule has 0 N–H and O–H groups in total. The van der Waals surface area contributed by atoms with Gasteiger partial charge in [0.25, 0.3) is 5.56 Å². The molecule has 0 spiro atoms. The zero-order valence-electron chi connectivity index (χ0n) is 17.5. The number of para-hydroxylation sites is 1. The van der Waals surface area contributed by atoms with E-state index in [-0.39, 0.29) is 22.1 Å². The fourth-order valence-corrected chi connectivity index (χ4v) is 5.07. The summed E-state index contributed by atoms with van der Waals surface area (Å²) in [6, 6.07) is 17.2. The van der Waals surface area contributed by atoms with Gasteiger partial charge in [0.15, 0.2) is 0 Å². The van der Waals surface area contributed by atoms with Crippen molar-refractivity contribution in [1.82, 2.24) is 9.36 Å². The van der Waals surface area contributed by atoms with Gasteiger partial charge in [0.05, 0.1) is 23.2 Å². The van der Waals surface area contributed by atoms with Gasteiger partial charge in [0.1, 0.15) is 16.8 Å². The molecular formula is C23H25N3O3S. The molecule has 1 aliphatic rings. The van der Waals surface area contributed by atoms with Crippen molar-refractivity contribution in [3.8, 4) is 11.4 Å². The normalized spacial score (nSPS) is 18.8. The molecule has 2 aromatic carbocycles. The molecular weight excluding hydrogens is 398 g/mol. The van der Waals surface area contributed by atoms with Gasteiger partial charge in [-0.25, -0.2) is 4.68 Å². The molecule has 2 heterocycles. The standard InChI is InChI=1S/C23H25N3O3S/c1-5-29-19-13-11-17(12-14-19)23-25(21(27)16(3)30-23)20-15(2)24(4)26(22(20)28)18-9-7-6-8-10-18/h6-14,16,23H,5H2,1-4H3/t16-,23-/m0/s1. The first-order valence-electron chi connectivity index (χ1n) is 9.99. The first kappa shape index (κ1) is 20.3. The maximum absolute atomic E-state index is 13.5. The summed E-state index contributed by atoms with van der Waals surface area (Å²) in [7, 11) is 1.84. The van der Waals surface area contributed by atoms with Crippen LogP contribution in [0.3, 0.4) is 0 Å². The maximum Gasteiger partial charge on any atom is 0.295 e. The first-order chi connectivity index (χ1) is 14.4. The molecule has 0 aliphatic carbocycles. The topological polar surface area (TPSA) is 56.5 Å². The number of hydrogen-bond acceptors (Lipinski definition) is 4. The van der Waals surface area contributed by atoms with Crippen LogP contribution in [0, 0.1) is 6.92 Å². The van der Waals surface area contributed by atoms with E-state index in [2.05, 4.69) is 0 Å². The average molecular weight is 424 g/mol. The summed E-state index contributed by atoms with van der Waals surface area (Å²) in [6.07, 6.45) is 0. The summed E-state index contributed by atoms with van der Waals surface area (Å²) in [6.45, 7) is 6.31. The Morgan fingerprint density at radius 3 is 2.33 bits per heavy atom. The Morgan fingerprint density at radius 2 is 1.70 bits per heavy atom. The minimum absolute atomic E-state index is 0.0510. The summed E-state index contributed by atoms with van der Waals surface area (Å²) in [4.78, 5) is 28.3. The van der Waals surface area contributed by atoms with Crippen LogP contribution in [-0.4, -0.2) is 27.1 Å². The molecule has 0 unspecified atom stereocenters. The van der Waals surface area contributed by atoms with Gasteiger partial charge < -0.3 is 4.74 Å². The van der Waals surface area contributed by atoms with Crippen LogP contribution in [0.1, 0.15) is 30.5 Å². The Kier molecular flexibility index (Phi) is 5.47. The molecule has 6 nitrogen and oxygen atoms in total. The summed E-state index contributed by atoms with van der Waals surface area (Å²) >= 11 is 1.56. The summed E-state index contributed by atoms with van der Waals surface area (Å²) in [5.41, 5.74) is 2.73. The number of benzene rings is 2. The van der Waals surface area contributed by atoms with E-state index < -0.39 is 0 Å². The minimum Gasteiger partial charge on any atom is -0.494 e. The highest BCUT2D eigenvalue weighted by atomic mass is 32.2. The largest absolute Gasteiger partial charge is 0.494 e. The number of amides is 1. The van der Waals surface area contributed by atoms with Crippen molar-refractivity contribution >= 4 is 23.4 Å². The number of aromatic nitrogens is 2. The quantitative estimate of drug-likeness (QED) is 0.621. The highest BCUT2D eigenvalue weighted by Gasteiger charge is 2.42. The lowest BCUT2D eigenvalue weighted by atomic mass is 10.1. The van der Waals surface area contributed by atoms with Crippen molar-refractivity contribution in [3.63, 3.8) is 0 Å². The van der Waals surface area contributed by atoms with Gasteiger partial charge in [-0.3, -0.25) is 19.2 Å². The van der Waals surface area contributed by atoms with Crippen molar-refractivity contribution in [2.45, 2.75) is 31.4 Å². The Bertz CT molecular complexity index is 1120. The Hall–Kier alpha value is -2.93. The second-order valence-corrected chi connectivity index (χ2v) is 8.68. The van der Waals surface area contributed by atoms with Gasteiger partial charge in [-0.1, -0.05) is 30.3 Å². The third-order valence-electron chi connectivity index (χ3n) is 5.39. The lowest BCUT2D eigenvalue weighted by Crippen LogP contribution is -2.34. The fraction of sp³-hybridized carbons (Fsp3) is 0.304. The lowest BCUT2D eigenvalue weighted by molar-refractivity contribution is -0.117. The van der Waals surface area contributed by atoms with Crippen LogP contribution in [0.25, 0.3) is 5.69 Å². The predicted octanol–water partition coefficient (Wildman–Crippen LogP) is 4.05. The number of anilines is 1. The van der Waals surface area contributed by atoms with Crippen molar-refractivity contribution in [2.75, 3.05) is 11.5 Å². The van der Waals surface area contributed by atoms with Crippen molar-refractivity contribution in [1.29, 1.82) is 0 Å². The number of nitrogens with zero attached hydrogens (tertiary/aromatic N) is 3. The summed E-state index contributed by atoms with van der Waals surface area (Å²) in [5, 5.41) is -0.494. The van der Waals surface area contributed by atoms with Crippen molar-refractivity contribution in [2.24, 2.45) is 7.05 Å². The molecule has 1 amide bonds. The van der Waals surface area contributed by atoms with E-state index >= 15 is 0 Å². The van der Waals surface area contributed by atoms with E-state index in [4.69, 9.17) is 4.74 Å². The van der Waals surface area contributed by atoms with Crippen LogP contribution in [0.2, 0.25) is 0 Å². The number of thioether (sulfide) groups is 1. The van der Waals surface area contributed by atoms with Crippen LogP contribution in [0.4, 0.5) is 5.69 Å². The Labute approximate surface area is 180 Å². The molecule has 1 aromatic heterocycles. The first-order valence-corrected chi connectivity index (χ1v) is 10.9. The van der Waals surface area contributed by atoms with E-state index in [0.717, 1.165) is 22.7 Å². The van der Waals surface area contributed by atoms with Crippen molar-refractivity contribution < 1.29 is 9.53 Å². The van der Waals surface area contributed by atoms with Crippen LogP contribution < -0.4 is 15.2 Å². The second kappa shape index (κ2) is 8.07. The van der Waals surface area contributed by atoms with Crippen LogP contribution in [-0.2, 0) is 11.8 Å². The maximum atomic E-state index is 13.5. The van der Waals surface area contributed by atoms with E-state index in [9.17, 15) is 9.59 Å². The monoisotopic (exact) mass is 423 g/mol. The molecule has 3 aromatic rings. The summed E-state index contributed by atoms with van der Waals surface area (Å²) in [5.74, 6) is 0.738. The zero-order chi connectivity index (χ0) is 21.4. The fourth-order valence-electron chi connectivity index (χ4n) is 3.81. The van der Waals surface area contributed by atoms with Crippen molar-refractivity contribution in [3.05, 3.63) is 76.2 Å². The third-order valence-corrected chi connectivity index (χ3v) is 6.74. The van der Waals surface area contributed by atoms with E-state index in [1.807, 2.05) is 87.1 Å². The molecule has 156 valence electrons. The van der Waals surface area contributed by atoms with E-state index in [1.165, 1.54) is 0 Å². The van der Waals surface area contributed by atoms with Gasteiger partial charge in [-0.2, -0.15) is 0 Å². The van der Waals surface area contributed by atoms with Crippen LogP contribution in [0.15, 0.2) is 59.4 Å². The van der Waals surface area contributed by atoms with Crippen LogP contribution in [0.5, 0.6) is 5.75 Å². The number of carbonyl (C=O) groups excluding carboxylic acids is 1. The molecule has 1 aliphatic heterocycles. The third kappa shape index (κ3) is 3.33. The predicted molar refractivity (Wildman–Crippen MR) is 121 cm³/mol. The number of hydrogen-bond donors (Lipinski definition) is 0.